The Morgan fingerprint density at radius 3 is 2.67 bits per heavy atom. The first-order valence-electron chi connectivity index (χ1n) is 4.91. The van der Waals surface area contributed by atoms with Crippen molar-refractivity contribution in [2.45, 2.75) is 20.8 Å². The van der Waals surface area contributed by atoms with Crippen LogP contribution in [0.1, 0.15) is 39.1 Å². The molecule has 0 saturated carbocycles. The minimum absolute atomic E-state index is 0. The zero-order chi connectivity index (χ0) is 11.4. The first kappa shape index (κ1) is 11.5. The van der Waals surface area contributed by atoms with Crippen LogP contribution in [0.25, 0.3) is 17.7 Å². The van der Waals surface area contributed by atoms with E-state index in [0.717, 1.165) is 22.5 Å². The maximum absolute atomic E-state index is 12.8. The lowest BCUT2D eigenvalue weighted by molar-refractivity contribution is 0.648. The summed E-state index contributed by atoms with van der Waals surface area (Å²) in [6, 6.07) is 1.93. The number of hydrogen-bond acceptors (Lipinski definition) is 0. The topological polar surface area (TPSA) is 15.8 Å². The van der Waals surface area contributed by atoms with E-state index in [4.69, 9.17) is 0 Å². The molecule has 1 N–H and O–H groups in total. The average Bonchev–Trinajstić information content (AvgIpc) is 2.59. The lowest BCUT2D eigenvalue weighted by Gasteiger charge is -1.93. The molecule has 1 rings (SSSR count). The van der Waals surface area contributed by atoms with Gasteiger partial charge in [0.15, 0.2) is 0 Å². The molecule has 2 heteroatoms. The third-order valence-corrected chi connectivity index (χ3v) is 2.30. The minimum Gasteiger partial charge on any atom is -0.355 e. The van der Waals surface area contributed by atoms with Gasteiger partial charge in [-0.05, 0) is 44.6 Å². The molecule has 0 spiro atoms. The predicted octanol–water partition coefficient (Wildman–Crippen LogP) is 4.66. The van der Waals surface area contributed by atoms with E-state index >= 15 is 0 Å². The molecule has 0 saturated heterocycles. The van der Waals surface area contributed by atoms with E-state index in [2.05, 4.69) is 11.6 Å². The average molecular weight is 207 g/mol. The highest BCUT2D eigenvalue weighted by Gasteiger charge is 2.04. The second kappa shape index (κ2) is 4.78. The fourth-order valence-corrected chi connectivity index (χ4v) is 1.36. The van der Waals surface area contributed by atoms with Gasteiger partial charge in [-0.3, -0.25) is 0 Å². The molecule has 0 atom stereocenters. The first-order chi connectivity index (χ1) is 7.08. The monoisotopic (exact) mass is 207 g/mol. The minimum atomic E-state index is -0.207. The first-order valence-corrected chi connectivity index (χ1v) is 4.91. The van der Waals surface area contributed by atoms with Crippen molar-refractivity contribution in [2.75, 3.05) is 0 Å². The summed E-state index contributed by atoms with van der Waals surface area (Å²) in [7, 11) is 0. The van der Waals surface area contributed by atoms with Crippen LogP contribution < -0.4 is 0 Å². The maximum atomic E-state index is 12.8. The molecule has 0 amide bonds. The highest BCUT2D eigenvalue weighted by atomic mass is 19.1. The molecule has 82 valence electrons. The van der Waals surface area contributed by atoms with Crippen molar-refractivity contribution in [1.82, 2.24) is 4.98 Å². The number of rotatable bonds is 3. The van der Waals surface area contributed by atoms with Gasteiger partial charge in [-0.2, -0.15) is 0 Å². The van der Waals surface area contributed by atoms with Crippen molar-refractivity contribution in [3.05, 3.63) is 41.5 Å². The summed E-state index contributed by atoms with van der Waals surface area (Å²) in [5.41, 5.74) is 3.82. The second-order valence-corrected chi connectivity index (χ2v) is 3.46. The lowest BCUT2D eigenvalue weighted by atomic mass is 10.1. The molecule has 0 aliphatic heterocycles. The van der Waals surface area contributed by atoms with Crippen LogP contribution in [0.4, 0.5) is 4.39 Å². The predicted molar refractivity (Wildman–Crippen MR) is 67.1 cm³/mol. The molecule has 15 heavy (non-hydrogen) atoms. The Kier molecular flexibility index (Phi) is 3.67. The number of halogens is 1. The van der Waals surface area contributed by atoms with Crippen molar-refractivity contribution in [3.63, 3.8) is 0 Å². The normalized spacial score (nSPS) is 13.1. The molecule has 0 aromatic carbocycles. The third kappa shape index (κ3) is 2.69. The van der Waals surface area contributed by atoms with Crippen molar-refractivity contribution >= 4 is 17.7 Å². The molecule has 0 aliphatic rings. The Hall–Kier alpha value is -1.57. The van der Waals surface area contributed by atoms with Crippen LogP contribution in [-0.4, -0.2) is 4.98 Å². The van der Waals surface area contributed by atoms with E-state index in [-0.39, 0.29) is 7.25 Å². The largest absolute Gasteiger partial charge is 0.355 e. The molecule has 0 aliphatic carbocycles. The van der Waals surface area contributed by atoms with Crippen LogP contribution in [0.2, 0.25) is 0 Å². The summed E-state index contributed by atoms with van der Waals surface area (Å²) in [6.45, 7) is 9.11. The van der Waals surface area contributed by atoms with Gasteiger partial charge in [0, 0.05) is 18.4 Å². The zero-order valence-corrected chi connectivity index (χ0v) is 9.39. The molecule has 0 unspecified atom stereocenters. The Bertz CT molecular complexity index is 423. The Balaban J connectivity index is 0.00000225. The van der Waals surface area contributed by atoms with Crippen molar-refractivity contribution in [1.29, 1.82) is 0 Å². The molecule has 0 bridgehead atoms. The highest BCUT2D eigenvalue weighted by Crippen LogP contribution is 2.21. The summed E-state index contributed by atoms with van der Waals surface area (Å²) in [6.07, 6.45) is 5.20. The smallest absolute Gasteiger partial charge is 0.0975 e. The van der Waals surface area contributed by atoms with Gasteiger partial charge in [0.05, 0.1) is 5.83 Å². The Morgan fingerprint density at radius 1 is 1.53 bits per heavy atom. The quantitative estimate of drug-likeness (QED) is 0.742. The van der Waals surface area contributed by atoms with E-state index in [1.54, 1.807) is 6.08 Å². The third-order valence-electron chi connectivity index (χ3n) is 2.30. The molecule has 1 nitrogen and oxygen atoms in total. The highest BCUT2D eigenvalue weighted by molar-refractivity contribution is 5.70. The summed E-state index contributed by atoms with van der Waals surface area (Å²) in [5.74, 6) is -0.207. The van der Waals surface area contributed by atoms with Gasteiger partial charge in [-0.1, -0.05) is 12.7 Å². The van der Waals surface area contributed by atoms with Crippen LogP contribution in [-0.2, 0) is 0 Å². The van der Waals surface area contributed by atoms with Gasteiger partial charge in [-0.15, -0.1) is 0 Å². The lowest BCUT2D eigenvalue weighted by Crippen LogP contribution is -1.78. The number of aromatic nitrogens is 1. The van der Waals surface area contributed by atoms with Crippen molar-refractivity contribution in [2.24, 2.45) is 0 Å². The van der Waals surface area contributed by atoms with Gasteiger partial charge in [-0.25, -0.2) is 4.39 Å². The maximum Gasteiger partial charge on any atom is 0.0975 e. The van der Waals surface area contributed by atoms with Crippen LogP contribution in [0.3, 0.4) is 0 Å². The van der Waals surface area contributed by atoms with Gasteiger partial charge in [0.2, 0.25) is 0 Å². The van der Waals surface area contributed by atoms with Crippen LogP contribution >= 0.6 is 0 Å². The van der Waals surface area contributed by atoms with E-state index in [0.29, 0.717) is 0 Å². The number of allylic oxidation sites excluding steroid dienone is 3. The fraction of sp³-hybridized carbons (Fsp3) is 0.231. The molecule has 0 radical (unpaired) electrons. The summed E-state index contributed by atoms with van der Waals surface area (Å²) < 4.78 is 12.8. The molecule has 1 heterocycles. The van der Waals surface area contributed by atoms with Crippen LogP contribution in [0, 0.1) is 0 Å². The van der Waals surface area contributed by atoms with Crippen molar-refractivity contribution in [3.8, 4) is 0 Å². The van der Waals surface area contributed by atoms with Gasteiger partial charge in [0.1, 0.15) is 0 Å². The Morgan fingerprint density at radius 2 is 2.20 bits per heavy atom. The standard InChI is InChI=1S/C13H16FN.H2/c1-5-9(3)13-8-11(7-10(4)14)12(6-2)15-13;/h5-8,15H,2H2,1,3-4H3;1H/b9-5-,10-7+;. The van der Waals surface area contributed by atoms with E-state index in [9.17, 15) is 4.39 Å². The fourth-order valence-electron chi connectivity index (χ4n) is 1.36. The van der Waals surface area contributed by atoms with Crippen molar-refractivity contribution < 1.29 is 5.82 Å². The molecule has 0 fully saturated rings. The summed E-state index contributed by atoms with van der Waals surface area (Å²) in [4.78, 5) is 3.19. The molecule has 1 aromatic rings. The number of hydrogen-bond donors (Lipinski definition) is 1. The molecular formula is C13H18FN. The summed E-state index contributed by atoms with van der Waals surface area (Å²) in [5, 5.41) is 0. The Labute approximate surface area is 91.5 Å². The van der Waals surface area contributed by atoms with E-state index in [1.165, 1.54) is 13.0 Å². The van der Waals surface area contributed by atoms with Gasteiger partial charge < -0.3 is 4.98 Å². The molecular weight excluding hydrogens is 189 g/mol. The van der Waals surface area contributed by atoms with E-state index in [1.807, 2.05) is 26.0 Å². The number of H-pyrrole nitrogens is 1. The SMILES string of the molecule is C=Cc1[nH]c(/C(C)=C\C)cc1/C=C(\C)F.[HH]. The number of aromatic amines is 1. The second-order valence-electron chi connectivity index (χ2n) is 3.46. The van der Waals surface area contributed by atoms with Crippen LogP contribution in [0.5, 0.6) is 0 Å². The molecule has 1 aromatic heterocycles. The van der Waals surface area contributed by atoms with Gasteiger partial charge in [0.25, 0.3) is 0 Å². The summed E-state index contributed by atoms with van der Waals surface area (Å²) >= 11 is 0. The van der Waals surface area contributed by atoms with E-state index < -0.39 is 0 Å². The van der Waals surface area contributed by atoms with Gasteiger partial charge >= 0.3 is 0 Å². The number of nitrogens with one attached hydrogen (secondary N) is 1. The zero-order valence-electron chi connectivity index (χ0n) is 9.39. The van der Waals surface area contributed by atoms with Crippen LogP contribution in [0.15, 0.2) is 24.5 Å².